The largest absolute Gasteiger partial charge is 0.292 e. The number of hydrogen-bond donors (Lipinski definition) is 0. The molecule has 5 nitrogen and oxygen atoms in total. The minimum atomic E-state index is -3.05. The van der Waals surface area contributed by atoms with Gasteiger partial charge in [-0.25, -0.2) is 13.4 Å². The summed E-state index contributed by atoms with van der Waals surface area (Å²) < 4.78 is 23.0. The maximum Gasteiger partial charge on any atom is 0.243 e. The van der Waals surface area contributed by atoms with E-state index in [2.05, 4.69) is 4.98 Å². The van der Waals surface area contributed by atoms with Crippen LogP contribution in [0.5, 0.6) is 0 Å². The number of pyridine rings is 1. The normalized spacial score (nSPS) is 21.7. The van der Waals surface area contributed by atoms with Crippen LogP contribution in [-0.2, 0) is 14.6 Å². The molecule has 1 atom stereocenters. The topological polar surface area (TPSA) is 67.3 Å². The Hall–Kier alpha value is -1.14. The van der Waals surface area contributed by atoms with Crippen molar-refractivity contribution in [3.05, 3.63) is 24.4 Å². The SMILES string of the molecule is O=C(CCl)N(c1ccccn1)C1CCS(=O)(=O)C1. The van der Waals surface area contributed by atoms with E-state index in [0.717, 1.165) is 0 Å². The zero-order valence-electron chi connectivity index (χ0n) is 9.62. The van der Waals surface area contributed by atoms with E-state index in [0.29, 0.717) is 12.2 Å². The van der Waals surface area contributed by atoms with Gasteiger partial charge in [0.2, 0.25) is 5.91 Å². The second-order valence-corrected chi connectivity index (χ2v) is 6.64. The van der Waals surface area contributed by atoms with E-state index in [9.17, 15) is 13.2 Å². The molecule has 1 aromatic heterocycles. The van der Waals surface area contributed by atoms with Crippen LogP contribution in [0.25, 0.3) is 0 Å². The molecule has 1 aliphatic heterocycles. The molecule has 2 heterocycles. The highest BCUT2D eigenvalue weighted by atomic mass is 35.5. The molecule has 0 bridgehead atoms. The minimum absolute atomic E-state index is 0.0216. The summed E-state index contributed by atoms with van der Waals surface area (Å²) in [4.78, 5) is 17.4. The number of amides is 1. The lowest BCUT2D eigenvalue weighted by atomic mass is 10.2. The maximum absolute atomic E-state index is 11.9. The number of hydrogen-bond acceptors (Lipinski definition) is 4. The first-order valence-electron chi connectivity index (χ1n) is 5.53. The smallest absolute Gasteiger partial charge is 0.243 e. The lowest BCUT2D eigenvalue weighted by Crippen LogP contribution is -2.42. The van der Waals surface area contributed by atoms with Gasteiger partial charge in [0.05, 0.1) is 17.5 Å². The number of carbonyl (C=O) groups is 1. The number of carbonyl (C=O) groups excluding carboxylic acids is 1. The van der Waals surface area contributed by atoms with E-state index in [1.54, 1.807) is 24.4 Å². The quantitative estimate of drug-likeness (QED) is 0.773. The van der Waals surface area contributed by atoms with Crippen LogP contribution < -0.4 is 4.90 Å². The van der Waals surface area contributed by atoms with Crippen LogP contribution in [0.15, 0.2) is 24.4 Å². The van der Waals surface area contributed by atoms with E-state index in [1.807, 2.05) is 0 Å². The van der Waals surface area contributed by atoms with Crippen LogP contribution in [0.2, 0.25) is 0 Å². The van der Waals surface area contributed by atoms with Gasteiger partial charge in [0, 0.05) is 6.20 Å². The van der Waals surface area contributed by atoms with Gasteiger partial charge in [0.25, 0.3) is 0 Å². The molecular formula is C11H13ClN2O3S. The average molecular weight is 289 g/mol. The van der Waals surface area contributed by atoms with Crippen molar-refractivity contribution >= 4 is 33.2 Å². The average Bonchev–Trinajstić information content (AvgIpc) is 2.71. The molecule has 1 fully saturated rings. The Morgan fingerprint density at radius 3 is 2.78 bits per heavy atom. The Balaban J connectivity index is 2.30. The van der Waals surface area contributed by atoms with E-state index >= 15 is 0 Å². The fraction of sp³-hybridized carbons (Fsp3) is 0.455. The Morgan fingerprint density at radius 2 is 2.28 bits per heavy atom. The van der Waals surface area contributed by atoms with Gasteiger partial charge in [-0.15, -0.1) is 11.6 Å². The van der Waals surface area contributed by atoms with Crippen molar-refractivity contribution in [3.8, 4) is 0 Å². The first-order chi connectivity index (χ1) is 8.53. The summed E-state index contributed by atoms with van der Waals surface area (Å²) in [6.07, 6.45) is 1.99. The molecule has 1 amide bonds. The molecular weight excluding hydrogens is 276 g/mol. The molecule has 0 spiro atoms. The van der Waals surface area contributed by atoms with Gasteiger partial charge in [-0.05, 0) is 18.6 Å². The van der Waals surface area contributed by atoms with Crippen molar-refractivity contribution in [1.29, 1.82) is 0 Å². The second-order valence-electron chi connectivity index (χ2n) is 4.14. The van der Waals surface area contributed by atoms with E-state index in [4.69, 9.17) is 11.6 Å². The number of sulfone groups is 1. The third-order valence-electron chi connectivity index (χ3n) is 2.85. The summed E-state index contributed by atoms with van der Waals surface area (Å²) in [6, 6.07) is 4.80. The molecule has 7 heteroatoms. The highest BCUT2D eigenvalue weighted by molar-refractivity contribution is 7.91. The van der Waals surface area contributed by atoms with Gasteiger partial charge < -0.3 is 0 Å². The minimum Gasteiger partial charge on any atom is -0.292 e. The van der Waals surface area contributed by atoms with Gasteiger partial charge in [0.1, 0.15) is 11.7 Å². The summed E-state index contributed by atoms with van der Waals surface area (Å²) in [5.74, 6) is 0.0262. The summed E-state index contributed by atoms with van der Waals surface area (Å²) in [7, 11) is -3.05. The lowest BCUT2D eigenvalue weighted by Gasteiger charge is -2.26. The third kappa shape index (κ3) is 2.81. The van der Waals surface area contributed by atoms with Gasteiger partial charge in [-0.2, -0.15) is 0 Å². The van der Waals surface area contributed by atoms with Gasteiger partial charge in [-0.3, -0.25) is 9.69 Å². The molecule has 98 valence electrons. The number of alkyl halides is 1. The first kappa shape index (κ1) is 13.3. The number of halogens is 1. The summed E-state index contributed by atoms with van der Waals surface area (Å²) in [6.45, 7) is 0. The standard InChI is InChI=1S/C11H13ClN2O3S/c12-7-11(15)14(10-3-1-2-5-13-10)9-4-6-18(16,17)8-9/h1-3,5,9H,4,6-8H2. The van der Waals surface area contributed by atoms with Crippen LogP contribution in [-0.4, -0.2) is 42.7 Å². The van der Waals surface area contributed by atoms with Crippen molar-refractivity contribution < 1.29 is 13.2 Å². The molecule has 18 heavy (non-hydrogen) atoms. The van der Waals surface area contributed by atoms with Gasteiger partial charge in [-0.1, -0.05) is 6.07 Å². The molecule has 2 rings (SSSR count). The fourth-order valence-electron chi connectivity index (χ4n) is 2.06. The van der Waals surface area contributed by atoms with E-state index in [1.165, 1.54) is 4.90 Å². The van der Waals surface area contributed by atoms with Crippen LogP contribution in [0, 0.1) is 0 Å². The number of nitrogens with zero attached hydrogens (tertiary/aromatic N) is 2. The molecule has 1 unspecified atom stereocenters. The Morgan fingerprint density at radius 1 is 1.50 bits per heavy atom. The van der Waals surface area contributed by atoms with Crippen molar-refractivity contribution in [3.63, 3.8) is 0 Å². The molecule has 1 saturated heterocycles. The molecule has 1 aliphatic rings. The van der Waals surface area contributed by atoms with Crippen LogP contribution in [0.1, 0.15) is 6.42 Å². The van der Waals surface area contributed by atoms with E-state index < -0.39 is 9.84 Å². The van der Waals surface area contributed by atoms with Crippen molar-refractivity contribution in [2.45, 2.75) is 12.5 Å². The first-order valence-corrected chi connectivity index (χ1v) is 7.88. The highest BCUT2D eigenvalue weighted by Gasteiger charge is 2.35. The zero-order valence-corrected chi connectivity index (χ0v) is 11.2. The number of rotatable bonds is 3. The molecule has 1 aromatic rings. The third-order valence-corrected chi connectivity index (χ3v) is 4.83. The number of anilines is 1. The fourth-order valence-corrected chi connectivity index (χ4v) is 3.89. The Bertz CT molecular complexity index is 532. The number of aromatic nitrogens is 1. The van der Waals surface area contributed by atoms with Gasteiger partial charge in [0.15, 0.2) is 9.84 Å². The predicted octanol–water partition coefficient (Wildman–Crippen LogP) is 0.841. The highest BCUT2D eigenvalue weighted by Crippen LogP contribution is 2.23. The second kappa shape index (κ2) is 5.24. The van der Waals surface area contributed by atoms with Crippen LogP contribution >= 0.6 is 11.6 Å². The van der Waals surface area contributed by atoms with Crippen LogP contribution in [0.4, 0.5) is 5.82 Å². The van der Waals surface area contributed by atoms with Gasteiger partial charge >= 0.3 is 0 Å². The predicted molar refractivity (Wildman–Crippen MR) is 69.5 cm³/mol. The van der Waals surface area contributed by atoms with E-state index in [-0.39, 0.29) is 29.3 Å². The maximum atomic E-state index is 11.9. The van der Waals surface area contributed by atoms with Crippen molar-refractivity contribution in [2.24, 2.45) is 0 Å². The molecule has 0 N–H and O–H groups in total. The molecule has 0 aromatic carbocycles. The zero-order chi connectivity index (χ0) is 13.2. The summed E-state index contributed by atoms with van der Waals surface area (Å²) in [5.41, 5.74) is 0. The Labute approximate surface area is 111 Å². The molecule has 0 radical (unpaired) electrons. The summed E-state index contributed by atoms with van der Waals surface area (Å²) >= 11 is 5.58. The summed E-state index contributed by atoms with van der Waals surface area (Å²) in [5, 5.41) is 0. The van der Waals surface area contributed by atoms with Crippen LogP contribution in [0.3, 0.4) is 0 Å². The molecule has 0 aliphatic carbocycles. The monoisotopic (exact) mass is 288 g/mol. The van der Waals surface area contributed by atoms with Crippen molar-refractivity contribution in [1.82, 2.24) is 4.98 Å². The van der Waals surface area contributed by atoms with Crippen molar-refractivity contribution in [2.75, 3.05) is 22.3 Å². The molecule has 0 saturated carbocycles. The Kier molecular flexibility index (Phi) is 3.87. The lowest BCUT2D eigenvalue weighted by molar-refractivity contribution is -0.116.